The van der Waals surface area contributed by atoms with Crippen LogP contribution in [0.4, 0.5) is 5.69 Å². The number of rotatable bonds is 3. The molecule has 0 bridgehead atoms. The maximum absolute atomic E-state index is 12.3. The zero-order valence-electron chi connectivity index (χ0n) is 11.9. The van der Waals surface area contributed by atoms with E-state index in [1.165, 1.54) is 6.33 Å². The van der Waals surface area contributed by atoms with Gasteiger partial charge in [-0.25, -0.2) is 4.68 Å². The number of tetrazole rings is 1. The Hall–Kier alpha value is -2.28. The Bertz CT molecular complexity index is 618. The van der Waals surface area contributed by atoms with E-state index in [-0.39, 0.29) is 11.9 Å². The van der Waals surface area contributed by atoms with Gasteiger partial charge in [0.05, 0.1) is 11.7 Å². The van der Waals surface area contributed by atoms with Crippen LogP contribution >= 0.6 is 0 Å². The van der Waals surface area contributed by atoms with Crippen molar-refractivity contribution in [1.29, 1.82) is 0 Å². The van der Waals surface area contributed by atoms with Crippen LogP contribution in [0.2, 0.25) is 0 Å². The molecule has 7 heteroatoms. The first-order chi connectivity index (χ1) is 10.2. The highest BCUT2D eigenvalue weighted by Crippen LogP contribution is 2.20. The largest absolute Gasteiger partial charge is 0.324 e. The fourth-order valence-corrected chi connectivity index (χ4v) is 2.46. The third-order valence-corrected chi connectivity index (χ3v) is 3.72. The van der Waals surface area contributed by atoms with Crippen LogP contribution in [-0.2, 0) is 4.79 Å². The van der Waals surface area contributed by atoms with E-state index in [0.717, 1.165) is 42.7 Å². The minimum atomic E-state index is -0.102. The van der Waals surface area contributed by atoms with Crippen molar-refractivity contribution >= 4 is 11.6 Å². The molecular formula is C14H18N6O. The van der Waals surface area contributed by atoms with Crippen molar-refractivity contribution in [2.45, 2.75) is 32.2 Å². The van der Waals surface area contributed by atoms with E-state index in [9.17, 15) is 4.79 Å². The molecule has 1 fully saturated rings. The highest BCUT2D eigenvalue weighted by atomic mass is 16.2. The molecule has 1 amide bonds. The molecule has 3 rings (SSSR count). The zero-order valence-corrected chi connectivity index (χ0v) is 11.9. The van der Waals surface area contributed by atoms with Crippen LogP contribution in [0, 0.1) is 6.92 Å². The fourth-order valence-electron chi connectivity index (χ4n) is 2.46. The minimum absolute atomic E-state index is 0.0201. The lowest BCUT2D eigenvalue weighted by molar-refractivity contribution is -0.118. The normalized spacial score (nSPS) is 18.4. The number of anilines is 1. The summed E-state index contributed by atoms with van der Waals surface area (Å²) in [7, 11) is 0. The molecule has 1 aliphatic heterocycles. The monoisotopic (exact) mass is 286 g/mol. The van der Waals surface area contributed by atoms with Crippen molar-refractivity contribution in [2.24, 2.45) is 0 Å². The Morgan fingerprint density at radius 3 is 3.05 bits per heavy atom. The van der Waals surface area contributed by atoms with Crippen molar-refractivity contribution in [1.82, 2.24) is 25.5 Å². The second-order valence-electron chi connectivity index (χ2n) is 5.25. The number of amides is 1. The molecule has 0 saturated carbocycles. The lowest BCUT2D eigenvalue weighted by atomic mass is 10.0. The molecule has 1 unspecified atom stereocenters. The molecule has 0 radical (unpaired) electrons. The Kier molecular flexibility index (Phi) is 3.92. The first-order valence-electron chi connectivity index (χ1n) is 7.12. The van der Waals surface area contributed by atoms with Gasteiger partial charge in [-0.15, -0.1) is 5.10 Å². The molecule has 0 aliphatic carbocycles. The topological polar surface area (TPSA) is 84.7 Å². The van der Waals surface area contributed by atoms with E-state index < -0.39 is 0 Å². The molecule has 1 atom stereocenters. The van der Waals surface area contributed by atoms with Crippen molar-refractivity contribution < 1.29 is 4.79 Å². The number of benzene rings is 1. The summed E-state index contributed by atoms with van der Waals surface area (Å²) in [5, 5.41) is 17.3. The third-order valence-electron chi connectivity index (χ3n) is 3.72. The number of carbonyl (C=O) groups excluding carboxylic acids is 1. The predicted octanol–water partition coefficient (Wildman–Crippen LogP) is 1.05. The van der Waals surface area contributed by atoms with Crippen LogP contribution in [0.3, 0.4) is 0 Å². The smallest absolute Gasteiger partial charge is 0.241 e. The number of aryl methyl sites for hydroxylation is 1. The first kappa shape index (κ1) is 13.7. The van der Waals surface area contributed by atoms with Crippen LogP contribution < -0.4 is 10.6 Å². The van der Waals surface area contributed by atoms with Gasteiger partial charge in [0.25, 0.3) is 0 Å². The van der Waals surface area contributed by atoms with Gasteiger partial charge in [0.1, 0.15) is 6.33 Å². The molecule has 2 aromatic rings. The zero-order chi connectivity index (χ0) is 14.7. The first-order valence-corrected chi connectivity index (χ1v) is 7.12. The van der Waals surface area contributed by atoms with Crippen LogP contribution in [0.1, 0.15) is 24.8 Å². The second kappa shape index (κ2) is 6.01. The number of hydrogen-bond acceptors (Lipinski definition) is 5. The number of piperidine rings is 1. The summed E-state index contributed by atoms with van der Waals surface area (Å²) in [6.07, 6.45) is 4.64. The quantitative estimate of drug-likeness (QED) is 0.881. The average Bonchev–Trinajstić information content (AvgIpc) is 3.04. The molecular weight excluding hydrogens is 268 g/mol. The van der Waals surface area contributed by atoms with Gasteiger partial charge in [-0.1, -0.05) is 12.5 Å². The number of nitrogens with one attached hydrogen (secondary N) is 2. The van der Waals surface area contributed by atoms with Gasteiger partial charge in [0.2, 0.25) is 5.91 Å². The fraction of sp³-hybridized carbons (Fsp3) is 0.429. The standard InChI is InChI=1S/C14H18N6O/c1-10-5-6-11(20-9-16-18-19-20)8-13(10)17-14(21)12-4-2-3-7-15-12/h5-6,8-9,12,15H,2-4,7H2,1H3,(H,17,21). The Morgan fingerprint density at radius 2 is 2.33 bits per heavy atom. The molecule has 7 nitrogen and oxygen atoms in total. The van der Waals surface area contributed by atoms with Gasteiger partial charge in [0.15, 0.2) is 0 Å². The van der Waals surface area contributed by atoms with Gasteiger partial charge in [-0.2, -0.15) is 0 Å². The van der Waals surface area contributed by atoms with Crippen molar-refractivity contribution in [3.63, 3.8) is 0 Å². The van der Waals surface area contributed by atoms with Gasteiger partial charge < -0.3 is 10.6 Å². The summed E-state index contributed by atoms with van der Waals surface area (Å²) in [5.41, 5.74) is 2.62. The van der Waals surface area contributed by atoms with Crippen LogP contribution in [0.25, 0.3) is 5.69 Å². The summed E-state index contributed by atoms with van der Waals surface area (Å²) in [6, 6.07) is 5.64. The number of nitrogens with zero attached hydrogens (tertiary/aromatic N) is 4. The van der Waals surface area contributed by atoms with E-state index in [0.29, 0.717) is 0 Å². The lowest BCUT2D eigenvalue weighted by Gasteiger charge is -2.23. The van der Waals surface area contributed by atoms with E-state index in [1.54, 1.807) is 4.68 Å². The highest BCUT2D eigenvalue weighted by Gasteiger charge is 2.21. The summed E-state index contributed by atoms with van der Waals surface area (Å²) in [4.78, 5) is 12.3. The molecule has 2 heterocycles. The van der Waals surface area contributed by atoms with E-state index in [2.05, 4.69) is 26.2 Å². The summed E-state index contributed by atoms with van der Waals surface area (Å²) < 4.78 is 1.56. The molecule has 21 heavy (non-hydrogen) atoms. The molecule has 0 spiro atoms. The lowest BCUT2D eigenvalue weighted by Crippen LogP contribution is -2.43. The summed E-state index contributed by atoms with van der Waals surface area (Å²) >= 11 is 0. The Morgan fingerprint density at radius 1 is 1.43 bits per heavy atom. The molecule has 1 aromatic heterocycles. The molecule has 2 N–H and O–H groups in total. The molecule has 110 valence electrons. The minimum Gasteiger partial charge on any atom is -0.324 e. The predicted molar refractivity (Wildman–Crippen MR) is 78.2 cm³/mol. The molecule has 1 saturated heterocycles. The Balaban J connectivity index is 1.78. The van der Waals surface area contributed by atoms with Gasteiger partial charge in [0, 0.05) is 5.69 Å². The van der Waals surface area contributed by atoms with Crippen LogP contribution in [0.5, 0.6) is 0 Å². The number of hydrogen-bond donors (Lipinski definition) is 2. The van der Waals surface area contributed by atoms with Crippen LogP contribution in [-0.4, -0.2) is 38.7 Å². The second-order valence-corrected chi connectivity index (χ2v) is 5.25. The van der Waals surface area contributed by atoms with Gasteiger partial charge in [-0.3, -0.25) is 4.79 Å². The van der Waals surface area contributed by atoms with Crippen molar-refractivity contribution in [3.05, 3.63) is 30.1 Å². The van der Waals surface area contributed by atoms with Crippen LogP contribution in [0.15, 0.2) is 24.5 Å². The summed E-state index contributed by atoms with van der Waals surface area (Å²) in [5.74, 6) is 0.0201. The van der Waals surface area contributed by atoms with E-state index in [1.807, 2.05) is 25.1 Å². The molecule has 1 aliphatic rings. The summed E-state index contributed by atoms with van der Waals surface area (Å²) in [6.45, 7) is 2.87. The maximum atomic E-state index is 12.3. The van der Waals surface area contributed by atoms with Gasteiger partial charge in [-0.05, 0) is 54.4 Å². The van der Waals surface area contributed by atoms with Gasteiger partial charge >= 0.3 is 0 Å². The van der Waals surface area contributed by atoms with Crippen molar-refractivity contribution in [2.75, 3.05) is 11.9 Å². The highest BCUT2D eigenvalue weighted by molar-refractivity contribution is 5.95. The third kappa shape index (κ3) is 3.08. The Labute approximate surface area is 122 Å². The van der Waals surface area contributed by atoms with Crippen molar-refractivity contribution in [3.8, 4) is 5.69 Å². The average molecular weight is 286 g/mol. The number of aromatic nitrogens is 4. The number of carbonyl (C=O) groups is 1. The SMILES string of the molecule is Cc1ccc(-n2cnnn2)cc1NC(=O)C1CCCCN1. The molecule has 1 aromatic carbocycles. The maximum Gasteiger partial charge on any atom is 0.241 e. The van der Waals surface area contributed by atoms with E-state index >= 15 is 0 Å². The van der Waals surface area contributed by atoms with E-state index in [4.69, 9.17) is 0 Å².